The van der Waals surface area contributed by atoms with Gasteiger partial charge in [-0.1, -0.05) is 0 Å². The molecule has 8 nitrogen and oxygen atoms in total. The topological polar surface area (TPSA) is 76.4 Å². The van der Waals surface area contributed by atoms with Crippen LogP contribution in [0.2, 0.25) is 0 Å². The first-order chi connectivity index (χ1) is 22.9. The second-order valence-corrected chi connectivity index (χ2v) is 12.1. The molecule has 1 saturated carbocycles. The lowest BCUT2D eigenvalue weighted by Crippen LogP contribution is -2.34. The van der Waals surface area contributed by atoms with Crippen LogP contribution in [0, 0.1) is 11.8 Å². The van der Waals surface area contributed by atoms with E-state index in [0.29, 0.717) is 44.4 Å². The number of pyridine rings is 1. The fraction of sp³-hybridized carbons (Fsp3) is 0.562. The lowest BCUT2D eigenvalue weighted by Gasteiger charge is -2.34. The van der Waals surface area contributed by atoms with Gasteiger partial charge in [-0.05, 0) is 81.2 Å². The Morgan fingerprint density at radius 1 is 0.816 bits per heavy atom. The molecule has 0 amide bonds. The summed E-state index contributed by atoms with van der Waals surface area (Å²) in [6.45, 7) is 3.59. The first-order valence-electron chi connectivity index (χ1n) is 15.7. The average Bonchev–Trinajstić information content (AvgIpc) is 3.45. The number of anilines is 2. The van der Waals surface area contributed by atoms with Gasteiger partial charge in [0.2, 0.25) is 5.95 Å². The van der Waals surface area contributed by atoms with E-state index in [-0.39, 0.29) is 41.2 Å². The van der Waals surface area contributed by atoms with Gasteiger partial charge in [0.1, 0.15) is 12.1 Å². The average molecular weight is 709 g/mol. The van der Waals surface area contributed by atoms with Crippen molar-refractivity contribution < 1.29 is 49.0 Å². The highest BCUT2D eigenvalue weighted by Gasteiger charge is 2.38. The molecule has 0 N–H and O–H groups in total. The molecule has 49 heavy (non-hydrogen) atoms. The summed E-state index contributed by atoms with van der Waals surface area (Å²) < 4.78 is 130. The van der Waals surface area contributed by atoms with E-state index in [2.05, 4.69) is 15.1 Å². The van der Waals surface area contributed by atoms with Crippen LogP contribution >= 0.6 is 0 Å². The number of nitrogens with zero attached hydrogens (tertiary/aromatic N) is 6. The summed E-state index contributed by atoms with van der Waals surface area (Å²) in [5, 5.41) is 4.14. The molecule has 1 aliphatic carbocycles. The van der Waals surface area contributed by atoms with E-state index in [9.17, 15) is 44.3 Å². The Morgan fingerprint density at radius 2 is 1.41 bits per heavy atom. The minimum Gasteiger partial charge on any atom is -0.466 e. The summed E-state index contributed by atoms with van der Waals surface area (Å²) in [6, 6.07) is 2.01. The molecule has 0 radical (unpaired) electrons. The summed E-state index contributed by atoms with van der Waals surface area (Å²) in [7, 11) is 1.48. The molecule has 0 saturated heterocycles. The summed E-state index contributed by atoms with van der Waals surface area (Å²) in [5.74, 6) is 0.101. The fourth-order valence-electron chi connectivity index (χ4n) is 6.02. The van der Waals surface area contributed by atoms with E-state index in [0.717, 1.165) is 31.7 Å². The van der Waals surface area contributed by atoms with Crippen molar-refractivity contribution in [1.82, 2.24) is 19.7 Å². The van der Waals surface area contributed by atoms with Crippen LogP contribution in [0.5, 0.6) is 0 Å². The summed E-state index contributed by atoms with van der Waals surface area (Å²) in [4.78, 5) is 23.2. The zero-order chi connectivity index (χ0) is 36.1. The van der Waals surface area contributed by atoms with E-state index < -0.39 is 53.9 Å². The Labute approximate surface area is 277 Å². The summed E-state index contributed by atoms with van der Waals surface area (Å²) in [6.07, 6.45) is -9.66. The maximum absolute atomic E-state index is 13.9. The van der Waals surface area contributed by atoms with Gasteiger partial charge in [0, 0.05) is 51.4 Å². The van der Waals surface area contributed by atoms with Crippen molar-refractivity contribution in [2.24, 2.45) is 18.9 Å². The Hall–Kier alpha value is -4.05. The molecule has 2 aromatic heterocycles. The fourth-order valence-corrected chi connectivity index (χ4v) is 6.02. The van der Waals surface area contributed by atoms with Crippen molar-refractivity contribution in [2.45, 2.75) is 77.6 Å². The minimum atomic E-state index is -5.10. The Balaban J connectivity index is 1.68. The number of benzene rings is 1. The van der Waals surface area contributed by atoms with Crippen LogP contribution in [0.25, 0.3) is 0 Å². The van der Waals surface area contributed by atoms with Gasteiger partial charge in [-0.3, -0.25) is 9.48 Å². The molecular formula is C32H37F9N6O2. The quantitative estimate of drug-likeness (QED) is 0.139. The number of rotatable bonds is 12. The molecule has 1 fully saturated rings. The number of hydrogen-bond donors (Lipinski definition) is 0. The molecule has 2 heterocycles. The number of esters is 1. The highest BCUT2D eigenvalue weighted by Crippen LogP contribution is 2.38. The van der Waals surface area contributed by atoms with Crippen LogP contribution in [0.1, 0.15) is 73.8 Å². The Morgan fingerprint density at radius 3 is 1.92 bits per heavy atom. The third kappa shape index (κ3) is 10.2. The van der Waals surface area contributed by atoms with Gasteiger partial charge in [0.05, 0.1) is 23.3 Å². The molecular weight excluding hydrogens is 671 g/mol. The lowest BCUT2D eigenvalue weighted by molar-refractivity contribution is -0.145. The molecule has 1 aromatic carbocycles. The van der Waals surface area contributed by atoms with Gasteiger partial charge < -0.3 is 14.5 Å². The smallest absolute Gasteiger partial charge is 0.417 e. The van der Waals surface area contributed by atoms with Crippen molar-refractivity contribution in [3.05, 3.63) is 64.6 Å². The second kappa shape index (κ2) is 15.2. The van der Waals surface area contributed by atoms with Gasteiger partial charge >= 0.3 is 24.5 Å². The predicted molar refractivity (Wildman–Crippen MR) is 161 cm³/mol. The first-order valence-corrected chi connectivity index (χ1v) is 15.7. The molecule has 0 unspecified atom stereocenters. The van der Waals surface area contributed by atoms with Crippen LogP contribution < -0.4 is 9.80 Å². The molecule has 4 rings (SSSR count). The van der Waals surface area contributed by atoms with Crippen LogP contribution in [-0.2, 0) is 48.2 Å². The van der Waals surface area contributed by atoms with Crippen LogP contribution in [0.3, 0.4) is 0 Å². The van der Waals surface area contributed by atoms with E-state index in [1.54, 1.807) is 13.8 Å². The molecule has 270 valence electrons. The molecule has 0 atom stereocenters. The third-order valence-corrected chi connectivity index (χ3v) is 8.41. The predicted octanol–water partition coefficient (Wildman–Crippen LogP) is 8.06. The van der Waals surface area contributed by atoms with E-state index in [1.165, 1.54) is 23.0 Å². The van der Waals surface area contributed by atoms with Crippen LogP contribution in [0.15, 0.2) is 36.8 Å². The third-order valence-electron chi connectivity index (χ3n) is 8.41. The number of ether oxygens (including phenoxy) is 1. The van der Waals surface area contributed by atoms with Crippen LogP contribution in [-0.4, -0.2) is 45.4 Å². The molecule has 1 aliphatic rings. The number of halogens is 9. The molecule has 0 spiro atoms. The zero-order valence-corrected chi connectivity index (χ0v) is 27.1. The normalized spacial score (nSPS) is 17.2. The standard InChI is InChI=1S/C32H37F9N6O2/c1-4-46(16-21-8-6-20(7-9-21)12-27(48)49-5-2)28-23(13-26(15-42-28)32(39,40)41)18-47(29-43-19-45(3)44-29)17-22-10-24(30(33,34)35)14-25(11-22)31(36,37)38/h10-11,13-15,19-21H,4-9,12,16-18H2,1-3H3. The molecule has 3 aromatic rings. The van der Waals surface area contributed by atoms with Crippen molar-refractivity contribution in [3.8, 4) is 0 Å². The summed E-state index contributed by atoms with van der Waals surface area (Å²) in [5.41, 5.74) is -4.50. The van der Waals surface area contributed by atoms with Gasteiger partial charge in [-0.2, -0.15) is 39.5 Å². The largest absolute Gasteiger partial charge is 0.466 e. The van der Waals surface area contributed by atoms with Crippen LogP contribution in [0.4, 0.5) is 51.3 Å². The van der Waals surface area contributed by atoms with Gasteiger partial charge in [-0.15, -0.1) is 5.10 Å². The molecule has 17 heteroatoms. The van der Waals surface area contributed by atoms with Crippen molar-refractivity contribution in [1.29, 1.82) is 0 Å². The first kappa shape index (κ1) is 37.8. The number of hydrogen-bond acceptors (Lipinski definition) is 7. The maximum Gasteiger partial charge on any atom is 0.417 e. The number of aryl methyl sites for hydroxylation is 1. The highest BCUT2D eigenvalue weighted by atomic mass is 19.4. The number of alkyl halides is 9. The Bertz CT molecular complexity index is 1530. The second-order valence-electron chi connectivity index (χ2n) is 12.1. The SMILES string of the molecule is CCOC(=O)CC1CCC(CN(CC)c2ncc(C(F)(F)F)cc2CN(Cc2cc(C(F)(F)F)cc(C(F)(F)F)c2)c2ncn(C)n2)CC1. The van der Waals surface area contributed by atoms with E-state index >= 15 is 0 Å². The zero-order valence-electron chi connectivity index (χ0n) is 27.1. The number of carbonyl (C=O) groups is 1. The van der Waals surface area contributed by atoms with Gasteiger partial charge in [0.15, 0.2) is 0 Å². The lowest BCUT2D eigenvalue weighted by atomic mass is 9.80. The number of carbonyl (C=O) groups excluding carboxylic acids is 1. The van der Waals surface area contributed by atoms with Gasteiger partial charge in [-0.25, -0.2) is 9.97 Å². The maximum atomic E-state index is 13.9. The van der Waals surface area contributed by atoms with E-state index in [1.807, 2.05) is 4.90 Å². The van der Waals surface area contributed by atoms with Gasteiger partial charge in [0.25, 0.3) is 0 Å². The highest BCUT2D eigenvalue weighted by molar-refractivity contribution is 5.69. The van der Waals surface area contributed by atoms with Crippen molar-refractivity contribution in [3.63, 3.8) is 0 Å². The van der Waals surface area contributed by atoms with Crippen molar-refractivity contribution in [2.75, 3.05) is 29.5 Å². The monoisotopic (exact) mass is 708 g/mol. The molecule has 0 aliphatic heterocycles. The Kier molecular flexibility index (Phi) is 11.7. The minimum absolute atomic E-state index is 0.00508. The van der Waals surface area contributed by atoms with E-state index in [4.69, 9.17) is 4.74 Å². The number of aromatic nitrogens is 4. The molecule has 0 bridgehead atoms. The van der Waals surface area contributed by atoms with Crippen molar-refractivity contribution >= 4 is 17.7 Å². The summed E-state index contributed by atoms with van der Waals surface area (Å²) >= 11 is 0.